The van der Waals surface area contributed by atoms with E-state index in [0.29, 0.717) is 0 Å². The molecule has 0 aliphatic heterocycles. The molecule has 168 valence electrons. The molecule has 0 spiro atoms. The van der Waals surface area contributed by atoms with Gasteiger partial charge in [-0.1, -0.05) is 104 Å². The molecule has 0 aromatic heterocycles. The van der Waals surface area contributed by atoms with Gasteiger partial charge in [-0.25, -0.2) is 0 Å². The second kappa shape index (κ2) is 21.0. The van der Waals surface area contributed by atoms with Crippen LogP contribution in [0.2, 0.25) is 0 Å². The first-order valence-corrected chi connectivity index (χ1v) is 15.3. The van der Waals surface area contributed by atoms with Gasteiger partial charge in [0.2, 0.25) is 0 Å². The minimum absolute atomic E-state index is 0.993. The summed E-state index contributed by atoms with van der Waals surface area (Å²) in [4.78, 5) is 0. The Labute approximate surface area is 187 Å². The molecular weight excluding hydrogens is 376 g/mol. The van der Waals surface area contributed by atoms with E-state index < -0.39 is 0 Å². The molecule has 1 aliphatic carbocycles. The molecule has 0 saturated heterocycles. The van der Waals surface area contributed by atoms with E-state index in [2.05, 4.69) is 37.4 Å². The second-order valence-corrected chi connectivity index (χ2v) is 11.8. The molecule has 2 atom stereocenters. The van der Waals surface area contributed by atoms with E-state index in [1.54, 1.807) is 0 Å². The van der Waals surface area contributed by atoms with Gasteiger partial charge >= 0.3 is 0 Å². The van der Waals surface area contributed by atoms with Crippen molar-refractivity contribution in [1.82, 2.24) is 0 Å². The molecule has 0 heterocycles. The minimum Gasteiger partial charge on any atom is -0.162 e. The zero-order chi connectivity index (χ0) is 20.1. The predicted octanol–water partition coefficient (Wildman–Crippen LogP) is 9.90. The van der Waals surface area contributed by atoms with Crippen molar-refractivity contribution < 1.29 is 0 Å². The standard InChI is InChI=1S/C26H52S2/c1-3-5-7-9-11-13-15-21-27-23-20-25-18-17-19-26(24-25)28-22-16-14-12-10-8-6-4-2/h25-26H,3-24H2,1-2H3. The summed E-state index contributed by atoms with van der Waals surface area (Å²) in [6.45, 7) is 4.61. The van der Waals surface area contributed by atoms with Gasteiger partial charge in [-0.05, 0) is 55.3 Å². The third-order valence-electron chi connectivity index (χ3n) is 6.40. The van der Waals surface area contributed by atoms with Gasteiger partial charge in [0.15, 0.2) is 0 Å². The van der Waals surface area contributed by atoms with Crippen LogP contribution in [0.5, 0.6) is 0 Å². The Morgan fingerprint density at radius 3 is 1.82 bits per heavy atom. The maximum Gasteiger partial charge on any atom is 0.00496 e. The SMILES string of the molecule is CCCCCCCCCSCCC1CCCC(SCCCCCCCCC)C1. The van der Waals surface area contributed by atoms with E-state index in [4.69, 9.17) is 0 Å². The predicted molar refractivity (Wildman–Crippen MR) is 136 cm³/mol. The first-order valence-electron chi connectivity index (χ1n) is 13.1. The number of thioether (sulfide) groups is 2. The lowest BCUT2D eigenvalue weighted by Crippen LogP contribution is -2.18. The minimum atomic E-state index is 0.993. The van der Waals surface area contributed by atoms with Crippen LogP contribution in [0.4, 0.5) is 0 Å². The lowest BCUT2D eigenvalue weighted by atomic mass is 9.87. The van der Waals surface area contributed by atoms with Gasteiger partial charge in [-0.15, -0.1) is 0 Å². The van der Waals surface area contributed by atoms with Crippen LogP contribution < -0.4 is 0 Å². The Bertz CT molecular complexity index is 305. The van der Waals surface area contributed by atoms with Gasteiger partial charge in [0.1, 0.15) is 0 Å². The van der Waals surface area contributed by atoms with E-state index in [1.165, 1.54) is 139 Å². The Morgan fingerprint density at radius 2 is 1.18 bits per heavy atom. The molecule has 0 N–H and O–H groups in total. The zero-order valence-corrected chi connectivity index (χ0v) is 21.2. The Morgan fingerprint density at radius 1 is 0.607 bits per heavy atom. The summed E-state index contributed by atoms with van der Waals surface area (Å²) in [5.74, 6) is 5.31. The van der Waals surface area contributed by atoms with E-state index in [-0.39, 0.29) is 0 Å². The molecule has 0 bridgehead atoms. The van der Waals surface area contributed by atoms with E-state index in [1.807, 2.05) is 0 Å². The first-order chi connectivity index (χ1) is 13.9. The van der Waals surface area contributed by atoms with Crippen molar-refractivity contribution in [2.24, 2.45) is 5.92 Å². The molecule has 2 unspecified atom stereocenters. The van der Waals surface area contributed by atoms with E-state index in [9.17, 15) is 0 Å². The molecular formula is C26H52S2. The average Bonchev–Trinajstić information content (AvgIpc) is 2.72. The highest BCUT2D eigenvalue weighted by molar-refractivity contribution is 7.99. The summed E-state index contributed by atoms with van der Waals surface area (Å²) in [7, 11) is 0. The van der Waals surface area contributed by atoms with Crippen LogP contribution in [0.15, 0.2) is 0 Å². The second-order valence-electron chi connectivity index (χ2n) is 9.17. The summed E-state index contributed by atoms with van der Waals surface area (Å²) < 4.78 is 0. The molecule has 0 aromatic rings. The molecule has 1 aliphatic rings. The van der Waals surface area contributed by atoms with E-state index in [0.717, 1.165) is 11.2 Å². The molecule has 0 amide bonds. The number of unbranched alkanes of at least 4 members (excludes halogenated alkanes) is 12. The lowest BCUT2D eigenvalue weighted by molar-refractivity contribution is 0.359. The Hall–Kier alpha value is 0.700. The highest BCUT2D eigenvalue weighted by Gasteiger charge is 2.21. The fourth-order valence-corrected chi connectivity index (χ4v) is 7.04. The topological polar surface area (TPSA) is 0 Å². The summed E-state index contributed by atoms with van der Waals surface area (Å²) in [5, 5.41) is 0.993. The van der Waals surface area contributed by atoms with Crippen molar-refractivity contribution in [2.45, 2.75) is 141 Å². The Balaban J connectivity index is 1.88. The van der Waals surface area contributed by atoms with Crippen LogP contribution >= 0.6 is 23.5 Å². The first kappa shape index (κ1) is 26.7. The number of rotatable bonds is 20. The summed E-state index contributed by atoms with van der Waals surface area (Å²) in [6, 6.07) is 0. The van der Waals surface area contributed by atoms with Crippen LogP contribution in [-0.4, -0.2) is 22.5 Å². The lowest BCUT2D eigenvalue weighted by Gasteiger charge is -2.28. The largest absolute Gasteiger partial charge is 0.162 e. The summed E-state index contributed by atoms with van der Waals surface area (Å²) >= 11 is 4.56. The average molecular weight is 429 g/mol. The Kier molecular flexibility index (Phi) is 20.0. The maximum atomic E-state index is 2.32. The van der Waals surface area contributed by atoms with Crippen LogP contribution in [0.25, 0.3) is 0 Å². The van der Waals surface area contributed by atoms with Crippen molar-refractivity contribution >= 4 is 23.5 Å². The highest BCUT2D eigenvalue weighted by atomic mass is 32.2. The van der Waals surface area contributed by atoms with Crippen LogP contribution in [-0.2, 0) is 0 Å². The molecule has 0 nitrogen and oxygen atoms in total. The number of hydrogen-bond donors (Lipinski definition) is 0. The fourth-order valence-electron chi connectivity index (χ4n) is 4.48. The van der Waals surface area contributed by atoms with Crippen molar-refractivity contribution in [3.63, 3.8) is 0 Å². The van der Waals surface area contributed by atoms with Gasteiger partial charge in [0, 0.05) is 5.25 Å². The van der Waals surface area contributed by atoms with Crippen molar-refractivity contribution in [2.75, 3.05) is 17.3 Å². The normalized spacial score (nSPS) is 19.9. The smallest absolute Gasteiger partial charge is 0.00496 e. The molecule has 28 heavy (non-hydrogen) atoms. The molecule has 2 heteroatoms. The molecule has 1 fully saturated rings. The van der Waals surface area contributed by atoms with Gasteiger partial charge < -0.3 is 0 Å². The molecule has 1 rings (SSSR count). The van der Waals surface area contributed by atoms with Gasteiger partial charge in [0.05, 0.1) is 0 Å². The van der Waals surface area contributed by atoms with E-state index >= 15 is 0 Å². The molecule has 1 saturated carbocycles. The number of hydrogen-bond acceptors (Lipinski definition) is 2. The molecule has 0 aromatic carbocycles. The fraction of sp³-hybridized carbons (Fsp3) is 1.00. The van der Waals surface area contributed by atoms with Gasteiger partial charge in [-0.3, -0.25) is 0 Å². The highest BCUT2D eigenvalue weighted by Crippen LogP contribution is 2.35. The van der Waals surface area contributed by atoms with Crippen LogP contribution in [0.3, 0.4) is 0 Å². The van der Waals surface area contributed by atoms with Gasteiger partial charge in [0.25, 0.3) is 0 Å². The third kappa shape index (κ3) is 16.5. The third-order valence-corrected chi connectivity index (χ3v) is 8.92. The van der Waals surface area contributed by atoms with Gasteiger partial charge in [-0.2, -0.15) is 23.5 Å². The quantitative estimate of drug-likeness (QED) is 0.177. The van der Waals surface area contributed by atoms with Crippen molar-refractivity contribution in [1.29, 1.82) is 0 Å². The van der Waals surface area contributed by atoms with Crippen LogP contribution in [0.1, 0.15) is 136 Å². The monoisotopic (exact) mass is 428 g/mol. The zero-order valence-electron chi connectivity index (χ0n) is 19.5. The van der Waals surface area contributed by atoms with Crippen LogP contribution in [0, 0.1) is 5.92 Å². The summed E-state index contributed by atoms with van der Waals surface area (Å²) in [6.07, 6.45) is 27.9. The molecule has 0 radical (unpaired) electrons. The summed E-state index contributed by atoms with van der Waals surface area (Å²) in [5.41, 5.74) is 0. The van der Waals surface area contributed by atoms with Crippen molar-refractivity contribution in [3.05, 3.63) is 0 Å². The maximum absolute atomic E-state index is 2.32. The van der Waals surface area contributed by atoms with Crippen molar-refractivity contribution in [3.8, 4) is 0 Å².